The molecule has 0 radical (unpaired) electrons. The van der Waals surface area contributed by atoms with Crippen LogP contribution < -0.4 is 16.0 Å². The van der Waals surface area contributed by atoms with Gasteiger partial charge in [0.2, 0.25) is 0 Å². The van der Waals surface area contributed by atoms with Crippen molar-refractivity contribution < 1.29 is 9.18 Å². The summed E-state index contributed by atoms with van der Waals surface area (Å²) in [5, 5.41) is 9.00. The Morgan fingerprint density at radius 1 is 0.871 bits per heavy atom. The molecule has 154 valence electrons. The molecule has 0 unspecified atom stereocenters. The fourth-order valence-corrected chi connectivity index (χ4v) is 2.81. The lowest BCUT2D eigenvalue weighted by molar-refractivity contribution is 0.102. The van der Waals surface area contributed by atoms with Gasteiger partial charge in [0.15, 0.2) is 5.82 Å². The average Bonchev–Trinajstić information content (AvgIpc) is 2.76. The first-order valence-electron chi connectivity index (χ1n) is 9.38. The number of rotatable bonds is 6. The fourth-order valence-electron chi connectivity index (χ4n) is 2.81. The minimum atomic E-state index is -0.674. The number of carbonyl (C=O) groups is 1. The van der Waals surface area contributed by atoms with Crippen LogP contribution in [0.15, 0.2) is 73.2 Å². The molecule has 0 aliphatic carbocycles. The number of aromatic nitrogens is 4. The molecule has 0 spiro atoms. The number of anilines is 5. The van der Waals surface area contributed by atoms with E-state index in [0.717, 1.165) is 11.9 Å². The first-order chi connectivity index (χ1) is 15.1. The number of hydrogen-bond acceptors (Lipinski definition) is 7. The van der Waals surface area contributed by atoms with Crippen LogP contribution in [0.25, 0.3) is 0 Å². The second kappa shape index (κ2) is 8.95. The van der Waals surface area contributed by atoms with Crippen molar-refractivity contribution in [3.8, 4) is 0 Å². The highest BCUT2D eigenvalue weighted by atomic mass is 19.1. The highest BCUT2D eigenvalue weighted by Crippen LogP contribution is 2.21. The molecule has 9 heteroatoms. The molecule has 0 saturated heterocycles. The number of halogens is 1. The minimum Gasteiger partial charge on any atom is -0.340 e. The Kier molecular flexibility index (Phi) is 5.75. The predicted molar refractivity (Wildman–Crippen MR) is 116 cm³/mol. The van der Waals surface area contributed by atoms with Gasteiger partial charge in [0.25, 0.3) is 5.91 Å². The molecule has 4 rings (SSSR count). The lowest BCUT2D eigenvalue weighted by Gasteiger charge is -2.11. The Morgan fingerprint density at radius 2 is 1.61 bits per heavy atom. The van der Waals surface area contributed by atoms with Gasteiger partial charge in [-0.05, 0) is 49.4 Å². The number of hydrogen-bond donors (Lipinski definition) is 3. The summed E-state index contributed by atoms with van der Waals surface area (Å²) in [6, 6.07) is 15.6. The average molecular weight is 415 g/mol. The van der Waals surface area contributed by atoms with Crippen LogP contribution in [0, 0.1) is 12.7 Å². The summed E-state index contributed by atoms with van der Waals surface area (Å²) in [6.07, 6.45) is 4.06. The molecule has 3 aromatic heterocycles. The normalized spacial score (nSPS) is 10.4. The van der Waals surface area contributed by atoms with E-state index in [-0.39, 0.29) is 5.56 Å². The van der Waals surface area contributed by atoms with E-state index in [0.29, 0.717) is 29.0 Å². The molecule has 3 heterocycles. The van der Waals surface area contributed by atoms with Crippen molar-refractivity contribution >= 4 is 34.7 Å². The number of benzene rings is 1. The summed E-state index contributed by atoms with van der Waals surface area (Å²) in [5.41, 5.74) is 1.22. The van der Waals surface area contributed by atoms with E-state index in [4.69, 9.17) is 0 Å². The standard InChI is InChI=1S/C22H18FN7O/c1-14-26-20(12-21(27-14)30-19-4-2-3-10-25-19)28-15-5-7-16(8-6-15)29-22(31)17-9-11-24-13-18(17)23/h2-13H,1H3,(H,29,31)(H2,25,26,27,28,30). The SMILES string of the molecule is Cc1nc(Nc2ccc(NC(=O)c3ccncc3F)cc2)cc(Nc2ccccn2)n1. The van der Waals surface area contributed by atoms with Crippen molar-refractivity contribution in [2.45, 2.75) is 6.92 Å². The van der Waals surface area contributed by atoms with Crippen molar-refractivity contribution in [2.24, 2.45) is 0 Å². The Labute approximate surface area is 177 Å². The maximum Gasteiger partial charge on any atom is 0.258 e. The zero-order chi connectivity index (χ0) is 21.6. The van der Waals surface area contributed by atoms with Crippen LogP contribution in [0.2, 0.25) is 0 Å². The highest BCUT2D eigenvalue weighted by Gasteiger charge is 2.11. The first kappa shape index (κ1) is 19.9. The molecule has 0 fully saturated rings. The van der Waals surface area contributed by atoms with Gasteiger partial charge in [-0.1, -0.05) is 6.07 Å². The van der Waals surface area contributed by atoms with Crippen LogP contribution in [-0.2, 0) is 0 Å². The van der Waals surface area contributed by atoms with E-state index in [1.807, 2.05) is 18.2 Å². The van der Waals surface area contributed by atoms with Gasteiger partial charge in [-0.2, -0.15) is 0 Å². The van der Waals surface area contributed by atoms with Gasteiger partial charge in [0.05, 0.1) is 11.8 Å². The topological polar surface area (TPSA) is 105 Å². The lowest BCUT2D eigenvalue weighted by atomic mass is 10.2. The van der Waals surface area contributed by atoms with E-state index in [2.05, 4.69) is 35.9 Å². The van der Waals surface area contributed by atoms with Crippen LogP contribution >= 0.6 is 0 Å². The largest absolute Gasteiger partial charge is 0.340 e. The zero-order valence-corrected chi connectivity index (χ0v) is 16.5. The number of amides is 1. The van der Waals surface area contributed by atoms with E-state index in [1.54, 1.807) is 43.5 Å². The monoisotopic (exact) mass is 415 g/mol. The van der Waals surface area contributed by atoms with Crippen molar-refractivity contribution in [1.29, 1.82) is 0 Å². The molecular weight excluding hydrogens is 397 g/mol. The van der Waals surface area contributed by atoms with E-state index in [1.165, 1.54) is 12.3 Å². The quantitative estimate of drug-likeness (QED) is 0.427. The number of nitrogens with zero attached hydrogens (tertiary/aromatic N) is 4. The fraction of sp³-hybridized carbons (Fsp3) is 0.0455. The third-order valence-electron chi connectivity index (χ3n) is 4.19. The van der Waals surface area contributed by atoms with Gasteiger partial charge in [-0.15, -0.1) is 0 Å². The van der Waals surface area contributed by atoms with Gasteiger partial charge in [0.1, 0.15) is 23.3 Å². The summed E-state index contributed by atoms with van der Waals surface area (Å²) in [4.78, 5) is 28.8. The summed E-state index contributed by atoms with van der Waals surface area (Å²) in [5.74, 6) is 1.26. The van der Waals surface area contributed by atoms with Crippen molar-refractivity contribution in [1.82, 2.24) is 19.9 Å². The molecule has 0 aliphatic rings. The summed E-state index contributed by atoms with van der Waals surface area (Å²) in [7, 11) is 0. The van der Waals surface area contributed by atoms with Crippen LogP contribution in [0.3, 0.4) is 0 Å². The smallest absolute Gasteiger partial charge is 0.258 e. The van der Waals surface area contributed by atoms with Gasteiger partial charge >= 0.3 is 0 Å². The molecule has 31 heavy (non-hydrogen) atoms. The van der Waals surface area contributed by atoms with E-state index in [9.17, 15) is 9.18 Å². The van der Waals surface area contributed by atoms with Crippen LogP contribution in [0.4, 0.5) is 33.2 Å². The van der Waals surface area contributed by atoms with Gasteiger partial charge < -0.3 is 16.0 Å². The van der Waals surface area contributed by atoms with Crippen molar-refractivity contribution in [3.63, 3.8) is 0 Å². The zero-order valence-electron chi connectivity index (χ0n) is 16.5. The molecule has 1 aromatic carbocycles. The molecule has 3 N–H and O–H groups in total. The van der Waals surface area contributed by atoms with Crippen molar-refractivity contribution in [3.05, 3.63) is 90.4 Å². The van der Waals surface area contributed by atoms with Gasteiger partial charge in [-0.3, -0.25) is 9.78 Å². The number of aryl methyl sites for hydroxylation is 1. The summed E-state index contributed by atoms with van der Waals surface area (Å²) in [6.45, 7) is 1.80. The van der Waals surface area contributed by atoms with Crippen LogP contribution in [-0.4, -0.2) is 25.8 Å². The lowest BCUT2D eigenvalue weighted by Crippen LogP contribution is -2.13. The van der Waals surface area contributed by atoms with E-state index < -0.39 is 11.7 Å². The second-order valence-electron chi connectivity index (χ2n) is 6.54. The maximum absolute atomic E-state index is 13.7. The number of nitrogens with one attached hydrogen (secondary N) is 3. The summed E-state index contributed by atoms with van der Waals surface area (Å²) >= 11 is 0. The molecule has 0 atom stereocenters. The number of carbonyl (C=O) groups excluding carboxylic acids is 1. The number of pyridine rings is 2. The minimum absolute atomic E-state index is 0.0680. The third-order valence-corrected chi connectivity index (χ3v) is 4.19. The molecule has 1 amide bonds. The molecule has 4 aromatic rings. The second-order valence-corrected chi connectivity index (χ2v) is 6.54. The maximum atomic E-state index is 13.7. The Morgan fingerprint density at radius 3 is 2.32 bits per heavy atom. The van der Waals surface area contributed by atoms with Gasteiger partial charge in [0, 0.05) is 29.8 Å². The first-order valence-corrected chi connectivity index (χ1v) is 9.38. The van der Waals surface area contributed by atoms with Gasteiger partial charge in [-0.25, -0.2) is 19.3 Å². The Balaban J connectivity index is 1.44. The van der Waals surface area contributed by atoms with Crippen LogP contribution in [0.5, 0.6) is 0 Å². The third kappa shape index (κ3) is 5.15. The molecule has 8 nitrogen and oxygen atoms in total. The Hall–Kier alpha value is -4.40. The highest BCUT2D eigenvalue weighted by molar-refractivity contribution is 6.04. The van der Waals surface area contributed by atoms with E-state index >= 15 is 0 Å². The van der Waals surface area contributed by atoms with Crippen molar-refractivity contribution in [2.75, 3.05) is 16.0 Å². The summed E-state index contributed by atoms with van der Waals surface area (Å²) < 4.78 is 13.7. The molecule has 0 bridgehead atoms. The molecule has 0 saturated carbocycles. The predicted octanol–water partition coefficient (Wildman–Crippen LogP) is 4.45. The molecular formula is C22H18FN7O. The molecule has 0 aliphatic heterocycles. The van der Waals surface area contributed by atoms with Crippen LogP contribution in [0.1, 0.15) is 16.2 Å². The Bertz CT molecular complexity index is 1200.